The number of fused-ring (bicyclic) bond motifs is 3. The van der Waals surface area contributed by atoms with E-state index in [4.69, 9.17) is 15.2 Å². The molecule has 1 saturated heterocycles. The molecular formula is C28H36N6O3. The van der Waals surface area contributed by atoms with E-state index in [2.05, 4.69) is 56.4 Å². The Morgan fingerprint density at radius 1 is 1.24 bits per heavy atom. The molecule has 0 spiro atoms. The first-order valence-electron chi connectivity index (χ1n) is 13.0. The van der Waals surface area contributed by atoms with Gasteiger partial charge in [-0.2, -0.15) is 4.98 Å². The number of anilines is 2. The summed E-state index contributed by atoms with van der Waals surface area (Å²) in [6.07, 6.45) is 2.79. The summed E-state index contributed by atoms with van der Waals surface area (Å²) in [6.45, 7) is 5.01. The van der Waals surface area contributed by atoms with E-state index in [1.165, 1.54) is 5.56 Å². The molecule has 37 heavy (non-hydrogen) atoms. The second kappa shape index (κ2) is 11.3. The van der Waals surface area contributed by atoms with Crippen LogP contribution in [0.5, 0.6) is 5.75 Å². The van der Waals surface area contributed by atoms with Crippen LogP contribution in [0.3, 0.4) is 0 Å². The van der Waals surface area contributed by atoms with Gasteiger partial charge >= 0.3 is 0 Å². The standard InChI is InChI=1S/C28H36N6O3/c1-3-6-20(16-35)31-27-26-25(32-28(29)33-27)22-7-4-5-8-23(22)34(26)15-19-13-18(9-10-24(19)36-2)14-30-21-11-12-37-17-21/h4-5,7-10,13,20-21,30,35H,3,6,11-12,14-17H2,1-2H3,(H3,29,31,32,33)/t20-,21?/m0/s1. The maximum atomic E-state index is 9.96. The summed E-state index contributed by atoms with van der Waals surface area (Å²) in [6, 6.07) is 14.8. The van der Waals surface area contributed by atoms with Crippen molar-refractivity contribution < 1.29 is 14.6 Å². The molecule has 196 valence electrons. The molecule has 1 unspecified atom stereocenters. The molecule has 1 fully saturated rings. The Bertz CT molecular complexity index is 1370. The van der Waals surface area contributed by atoms with Gasteiger partial charge in [-0.15, -0.1) is 0 Å². The number of benzene rings is 2. The number of aromatic nitrogens is 3. The lowest BCUT2D eigenvalue weighted by Crippen LogP contribution is -2.28. The van der Waals surface area contributed by atoms with Crippen LogP contribution in [0.15, 0.2) is 42.5 Å². The molecule has 0 amide bonds. The second-order valence-electron chi connectivity index (χ2n) is 9.63. The summed E-state index contributed by atoms with van der Waals surface area (Å²) in [5, 5.41) is 18.0. The van der Waals surface area contributed by atoms with E-state index in [-0.39, 0.29) is 18.6 Å². The first kappa shape index (κ1) is 25.3. The van der Waals surface area contributed by atoms with Crippen molar-refractivity contribution >= 4 is 33.7 Å². The van der Waals surface area contributed by atoms with Crippen LogP contribution in [0.2, 0.25) is 0 Å². The summed E-state index contributed by atoms with van der Waals surface area (Å²) >= 11 is 0. The van der Waals surface area contributed by atoms with Gasteiger partial charge in [0.25, 0.3) is 0 Å². The van der Waals surface area contributed by atoms with Gasteiger partial charge in [0, 0.05) is 30.1 Å². The third kappa shape index (κ3) is 5.34. The molecule has 5 N–H and O–H groups in total. The van der Waals surface area contributed by atoms with Crippen molar-refractivity contribution in [3.63, 3.8) is 0 Å². The molecule has 5 rings (SSSR count). The van der Waals surface area contributed by atoms with Crippen molar-refractivity contribution in [1.29, 1.82) is 0 Å². The van der Waals surface area contributed by atoms with Crippen LogP contribution in [0.25, 0.3) is 21.9 Å². The number of nitrogens with one attached hydrogen (secondary N) is 2. The van der Waals surface area contributed by atoms with E-state index in [1.807, 2.05) is 18.2 Å². The lowest BCUT2D eigenvalue weighted by molar-refractivity contribution is 0.190. The minimum Gasteiger partial charge on any atom is -0.496 e. The number of aliphatic hydroxyl groups excluding tert-OH is 1. The number of para-hydroxylation sites is 1. The molecule has 2 aromatic heterocycles. The van der Waals surface area contributed by atoms with Crippen LogP contribution in [-0.4, -0.2) is 58.7 Å². The van der Waals surface area contributed by atoms with Crippen LogP contribution < -0.4 is 21.1 Å². The first-order chi connectivity index (χ1) is 18.1. The first-order valence-corrected chi connectivity index (χ1v) is 13.0. The highest BCUT2D eigenvalue weighted by Crippen LogP contribution is 2.34. The molecule has 9 heteroatoms. The van der Waals surface area contributed by atoms with Gasteiger partial charge in [0.15, 0.2) is 5.82 Å². The molecule has 9 nitrogen and oxygen atoms in total. The van der Waals surface area contributed by atoms with Gasteiger partial charge in [0.1, 0.15) is 16.8 Å². The van der Waals surface area contributed by atoms with Gasteiger partial charge in [-0.25, -0.2) is 4.98 Å². The van der Waals surface area contributed by atoms with Crippen molar-refractivity contribution in [2.24, 2.45) is 0 Å². The van der Waals surface area contributed by atoms with Crippen LogP contribution in [0.1, 0.15) is 37.3 Å². The Labute approximate surface area is 217 Å². The van der Waals surface area contributed by atoms with Gasteiger partial charge in [-0.3, -0.25) is 0 Å². The lowest BCUT2D eigenvalue weighted by Gasteiger charge is -2.19. The van der Waals surface area contributed by atoms with E-state index in [0.717, 1.165) is 72.3 Å². The fourth-order valence-electron chi connectivity index (χ4n) is 5.15. The number of aliphatic hydroxyl groups is 1. The molecule has 2 aromatic carbocycles. The van der Waals surface area contributed by atoms with Gasteiger partial charge < -0.3 is 35.5 Å². The number of ether oxygens (including phenoxy) is 2. The van der Waals surface area contributed by atoms with Gasteiger partial charge in [-0.1, -0.05) is 37.6 Å². The number of nitrogens with zero attached hydrogens (tertiary/aromatic N) is 3. The maximum absolute atomic E-state index is 9.96. The lowest BCUT2D eigenvalue weighted by atomic mass is 10.1. The fourth-order valence-corrected chi connectivity index (χ4v) is 5.15. The Morgan fingerprint density at radius 3 is 2.86 bits per heavy atom. The Hall–Kier alpha value is -3.40. The van der Waals surface area contributed by atoms with Crippen LogP contribution in [0, 0.1) is 0 Å². The molecule has 0 bridgehead atoms. The van der Waals surface area contributed by atoms with E-state index < -0.39 is 0 Å². The molecule has 1 aliphatic heterocycles. The number of nitrogen functional groups attached to an aromatic ring is 1. The SMILES string of the molecule is CCC[C@@H](CO)Nc1nc(N)nc2c3ccccc3n(Cc3cc(CNC4CCOC4)ccc3OC)c12. The number of hydrogen-bond donors (Lipinski definition) is 4. The average molecular weight is 505 g/mol. The summed E-state index contributed by atoms with van der Waals surface area (Å²) in [5.74, 6) is 1.65. The Morgan fingerprint density at radius 2 is 2.11 bits per heavy atom. The van der Waals surface area contributed by atoms with E-state index >= 15 is 0 Å². The zero-order chi connectivity index (χ0) is 25.8. The summed E-state index contributed by atoms with van der Waals surface area (Å²) in [7, 11) is 1.70. The smallest absolute Gasteiger partial charge is 0.222 e. The number of nitrogens with two attached hydrogens (primary N) is 1. The molecule has 1 aliphatic rings. The van der Waals surface area contributed by atoms with Crippen LogP contribution in [0.4, 0.5) is 11.8 Å². The van der Waals surface area contributed by atoms with E-state index in [1.54, 1.807) is 7.11 Å². The third-order valence-corrected chi connectivity index (χ3v) is 7.02. The van der Waals surface area contributed by atoms with Crippen molar-refractivity contribution in [3.05, 3.63) is 53.6 Å². The maximum Gasteiger partial charge on any atom is 0.222 e. The van der Waals surface area contributed by atoms with E-state index in [9.17, 15) is 5.11 Å². The molecular weight excluding hydrogens is 468 g/mol. The highest BCUT2D eigenvalue weighted by Gasteiger charge is 2.21. The van der Waals surface area contributed by atoms with Crippen LogP contribution >= 0.6 is 0 Å². The fraction of sp³-hybridized carbons (Fsp3) is 0.429. The Kier molecular flexibility index (Phi) is 7.73. The topological polar surface area (TPSA) is 119 Å². The highest BCUT2D eigenvalue weighted by atomic mass is 16.5. The molecule has 2 atom stereocenters. The summed E-state index contributed by atoms with van der Waals surface area (Å²) in [5.41, 5.74) is 11.1. The van der Waals surface area contributed by atoms with Crippen LogP contribution in [-0.2, 0) is 17.8 Å². The highest BCUT2D eigenvalue weighted by molar-refractivity contribution is 6.09. The minimum absolute atomic E-state index is 0.00831. The van der Waals surface area contributed by atoms with Crippen molar-refractivity contribution in [1.82, 2.24) is 19.9 Å². The molecule has 4 aromatic rings. The van der Waals surface area contributed by atoms with E-state index in [0.29, 0.717) is 18.4 Å². The Balaban J connectivity index is 1.58. The monoisotopic (exact) mass is 504 g/mol. The summed E-state index contributed by atoms with van der Waals surface area (Å²) < 4.78 is 13.5. The zero-order valence-electron chi connectivity index (χ0n) is 21.5. The third-order valence-electron chi connectivity index (χ3n) is 7.02. The van der Waals surface area contributed by atoms with Crippen molar-refractivity contribution in [2.45, 2.75) is 51.4 Å². The van der Waals surface area contributed by atoms with Gasteiger partial charge in [-0.05, 0) is 36.6 Å². The zero-order valence-corrected chi connectivity index (χ0v) is 21.5. The van der Waals surface area contributed by atoms with Crippen molar-refractivity contribution in [3.8, 4) is 5.75 Å². The molecule has 3 heterocycles. The summed E-state index contributed by atoms with van der Waals surface area (Å²) in [4.78, 5) is 9.20. The number of methoxy groups -OCH3 is 1. The molecule has 0 radical (unpaired) electrons. The van der Waals surface area contributed by atoms with Gasteiger partial charge in [0.2, 0.25) is 5.95 Å². The molecule has 0 aliphatic carbocycles. The molecule has 0 saturated carbocycles. The number of rotatable bonds is 11. The minimum atomic E-state index is -0.127. The quantitative estimate of drug-likeness (QED) is 0.244. The predicted octanol–water partition coefficient (Wildman–Crippen LogP) is 3.68. The number of hydrogen-bond acceptors (Lipinski definition) is 8. The van der Waals surface area contributed by atoms with Gasteiger partial charge in [0.05, 0.1) is 38.4 Å². The second-order valence-corrected chi connectivity index (χ2v) is 9.63. The average Bonchev–Trinajstić information content (AvgIpc) is 3.54. The largest absolute Gasteiger partial charge is 0.496 e. The predicted molar refractivity (Wildman–Crippen MR) is 147 cm³/mol. The normalized spacial score (nSPS) is 16.5. The van der Waals surface area contributed by atoms with Crippen molar-refractivity contribution in [2.75, 3.05) is 38.0 Å².